The van der Waals surface area contributed by atoms with Gasteiger partial charge in [-0.25, -0.2) is 0 Å². The molecule has 1 fully saturated rings. The molecular formula is C13H23N3OS. The molecule has 1 N–H and O–H groups in total. The van der Waals surface area contributed by atoms with Gasteiger partial charge in [0.15, 0.2) is 0 Å². The summed E-state index contributed by atoms with van der Waals surface area (Å²) in [5, 5.41) is 9.75. The van der Waals surface area contributed by atoms with E-state index in [4.69, 9.17) is 4.74 Å². The van der Waals surface area contributed by atoms with Gasteiger partial charge < -0.3 is 10.1 Å². The lowest BCUT2D eigenvalue weighted by Gasteiger charge is -2.31. The Labute approximate surface area is 113 Å². The van der Waals surface area contributed by atoms with Crippen molar-refractivity contribution in [3.63, 3.8) is 0 Å². The standard InChI is InChI=1S/C13H23N3OS/c1-4-6-14-11-5-7-17-9-12(11)18-13-8-10(2)15-16(13)3/h8,11-12,14H,4-7,9H2,1-3H3. The van der Waals surface area contributed by atoms with E-state index in [0.29, 0.717) is 11.3 Å². The number of thioether (sulfide) groups is 1. The second-order valence-corrected chi connectivity index (χ2v) is 6.09. The molecule has 0 spiro atoms. The van der Waals surface area contributed by atoms with Crippen molar-refractivity contribution in [2.45, 2.75) is 43.0 Å². The Morgan fingerprint density at radius 1 is 1.61 bits per heavy atom. The Kier molecular flexibility index (Phi) is 5.09. The van der Waals surface area contributed by atoms with Gasteiger partial charge in [0.1, 0.15) is 0 Å². The largest absolute Gasteiger partial charge is 0.380 e. The maximum atomic E-state index is 5.62. The maximum absolute atomic E-state index is 5.62. The molecule has 2 heterocycles. The summed E-state index contributed by atoms with van der Waals surface area (Å²) in [5.74, 6) is 0. The maximum Gasteiger partial charge on any atom is 0.0943 e. The molecule has 0 aromatic carbocycles. The molecule has 0 amide bonds. The Balaban J connectivity index is 1.98. The second-order valence-electron chi connectivity index (χ2n) is 4.83. The van der Waals surface area contributed by atoms with Gasteiger partial charge >= 0.3 is 0 Å². The van der Waals surface area contributed by atoms with E-state index < -0.39 is 0 Å². The first-order valence-electron chi connectivity index (χ1n) is 6.69. The van der Waals surface area contributed by atoms with Gasteiger partial charge in [-0.15, -0.1) is 0 Å². The highest BCUT2D eigenvalue weighted by atomic mass is 32.2. The van der Waals surface area contributed by atoms with Crippen LogP contribution in [0.1, 0.15) is 25.5 Å². The molecule has 1 aliphatic rings. The molecule has 102 valence electrons. The minimum absolute atomic E-state index is 0.486. The fourth-order valence-corrected chi connectivity index (χ4v) is 3.55. The van der Waals surface area contributed by atoms with Gasteiger partial charge in [0.2, 0.25) is 0 Å². The normalized spacial score (nSPS) is 24.4. The number of ether oxygens (including phenoxy) is 1. The molecule has 0 aliphatic carbocycles. The molecule has 4 nitrogen and oxygen atoms in total. The van der Waals surface area contributed by atoms with Crippen LogP contribution >= 0.6 is 11.8 Å². The van der Waals surface area contributed by atoms with E-state index in [-0.39, 0.29) is 0 Å². The van der Waals surface area contributed by atoms with Gasteiger partial charge in [0.05, 0.1) is 17.3 Å². The number of aryl methyl sites for hydroxylation is 2. The van der Waals surface area contributed by atoms with Gasteiger partial charge in [-0.1, -0.05) is 18.7 Å². The second kappa shape index (κ2) is 6.59. The summed E-state index contributed by atoms with van der Waals surface area (Å²) in [6.45, 7) is 7.04. The Morgan fingerprint density at radius 2 is 2.44 bits per heavy atom. The van der Waals surface area contributed by atoms with Crippen molar-refractivity contribution in [1.29, 1.82) is 0 Å². The molecule has 1 aromatic heterocycles. The van der Waals surface area contributed by atoms with Gasteiger partial charge in [0.25, 0.3) is 0 Å². The van der Waals surface area contributed by atoms with Crippen molar-refractivity contribution in [3.8, 4) is 0 Å². The van der Waals surface area contributed by atoms with E-state index in [1.807, 2.05) is 30.4 Å². The Hall–Kier alpha value is -0.520. The predicted molar refractivity (Wildman–Crippen MR) is 75.1 cm³/mol. The third kappa shape index (κ3) is 3.49. The summed E-state index contributed by atoms with van der Waals surface area (Å²) in [5.41, 5.74) is 1.08. The molecule has 0 bridgehead atoms. The molecule has 2 atom stereocenters. The van der Waals surface area contributed by atoms with Crippen molar-refractivity contribution < 1.29 is 4.74 Å². The Morgan fingerprint density at radius 3 is 3.11 bits per heavy atom. The SMILES string of the molecule is CCCNC1CCOCC1Sc1cc(C)nn1C. The zero-order valence-electron chi connectivity index (χ0n) is 11.5. The third-order valence-corrected chi connectivity index (χ3v) is 4.58. The van der Waals surface area contributed by atoms with Gasteiger partial charge in [-0.3, -0.25) is 4.68 Å². The van der Waals surface area contributed by atoms with Crippen LogP contribution in [0.4, 0.5) is 0 Å². The topological polar surface area (TPSA) is 39.1 Å². The molecule has 2 unspecified atom stereocenters. The van der Waals surface area contributed by atoms with Crippen LogP contribution in [0.15, 0.2) is 11.1 Å². The summed E-state index contributed by atoms with van der Waals surface area (Å²) < 4.78 is 7.58. The average molecular weight is 269 g/mol. The van der Waals surface area contributed by atoms with Gasteiger partial charge in [-0.2, -0.15) is 5.10 Å². The third-order valence-electron chi connectivity index (χ3n) is 3.19. The summed E-state index contributed by atoms with van der Waals surface area (Å²) in [7, 11) is 2.01. The predicted octanol–water partition coefficient (Wildman–Crippen LogP) is 1.98. The van der Waals surface area contributed by atoms with E-state index in [1.54, 1.807) is 0 Å². The number of rotatable bonds is 5. The zero-order chi connectivity index (χ0) is 13.0. The number of aromatic nitrogens is 2. The molecule has 18 heavy (non-hydrogen) atoms. The van der Waals surface area contributed by atoms with Crippen molar-refractivity contribution >= 4 is 11.8 Å². The number of nitrogens with one attached hydrogen (secondary N) is 1. The fraction of sp³-hybridized carbons (Fsp3) is 0.769. The van der Waals surface area contributed by atoms with Crippen LogP contribution in [-0.4, -0.2) is 40.8 Å². The number of hydrogen-bond acceptors (Lipinski definition) is 4. The van der Waals surface area contributed by atoms with Gasteiger partial charge in [0, 0.05) is 24.9 Å². The smallest absolute Gasteiger partial charge is 0.0943 e. The number of nitrogens with zero attached hydrogens (tertiary/aromatic N) is 2. The van der Waals surface area contributed by atoms with Crippen molar-refractivity contribution in [2.75, 3.05) is 19.8 Å². The van der Waals surface area contributed by atoms with Crippen LogP contribution in [0.25, 0.3) is 0 Å². The van der Waals surface area contributed by atoms with Crippen LogP contribution < -0.4 is 5.32 Å². The molecule has 1 aromatic rings. The molecule has 5 heteroatoms. The minimum atomic E-state index is 0.486. The number of hydrogen-bond donors (Lipinski definition) is 1. The van der Waals surface area contributed by atoms with Crippen molar-refractivity contribution in [3.05, 3.63) is 11.8 Å². The summed E-state index contributed by atoms with van der Waals surface area (Å²) in [6, 6.07) is 2.70. The lowest BCUT2D eigenvalue weighted by Crippen LogP contribution is -2.45. The molecule has 0 radical (unpaired) electrons. The lowest BCUT2D eigenvalue weighted by molar-refractivity contribution is 0.0832. The lowest BCUT2D eigenvalue weighted by atomic mass is 10.1. The van der Waals surface area contributed by atoms with Crippen molar-refractivity contribution in [1.82, 2.24) is 15.1 Å². The Bertz CT molecular complexity index is 380. The molecule has 1 aliphatic heterocycles. The van der Waals surface area contributed by atoms with Crippen molar-refractivity contribution in [2.24, 2.45) is 7.05 Å². The van der Waals surface area contributed by atoms with Crippen LogP contribution in [-0.2, 0) is 11.8 Å². The van der Waals surface area contributed by atoms with Crippen LogP contribution in [0.2, 0.25) is 0 Å². The summed E-state index contributed by atoms with van der Waals surface area (Å²) >= 11 is 1.88. The van der Waals surface area contributed by atoms with Crippen LogP contribution in [0.3, 0.4) is 0 Å². The molecule has 0 saturated carbocycles. The molecular weight excluding hydrogens is 246 g/mol. The van der Waals surface area contributed by atoms with E-state index in [9.17, 15) is 0 Å². The van der Waals surface area contributed by atoms with E-state index in [0.717, 1.165) is 31.9 Å². The highest BCUT2D eigenvalue weighted by molar-refractivity contribution is 8.00. The molecule has 1 saturated heterocycles. The first-order valence-corrected chi connectivity index (χ1v) is 7.57. The summed E-state index contributed by atoms with van der Waals surface area (Å²) in [4.78, 5) is 0. The van der Waals surface area contributed by atoms with Crippen LogP contribution in [0.5, 0.6) is 0 Å². The fourth-order valence-electron chi connectivity index (χ4n) is 2.24. The van der Waals surface area contributed by atoms with E-state index in [1.165, 1.54) is 11.4 Å². The monoisotopic (exact) mass is 269 g/mol. The first-order chi connectivity index (χ1) is 8.70. The van der Waals surface area contributed by atoms with E-state index >= 15 is 0 Å². The highest BCUT2D eigenvalue weighted by Gasteiger charge is 2.27. The van der Waals surface area contributed by atoms with Gasteiger partial charge in [-0.05, 0) is 32.4 Å². The zero-order valence-corrected chi connectivity index (χ0v) is 12.3. The highest BCUT2D eigenvalue weighted by Crippen LogP contribution is 2.29. The summed E-state index contributed by atoms with van der Waals surface area (Å²) in [6.07, 6.45) is 2.29. The van der Waals surface area contributed by atoms with Crippen LogP contribution in [0, 0.1) is 6.92 Å². The first kappa shape index (κ1) is 13.9. The van der Waals surface area contributed by atoms with E-state index in [2.05, 4.69) is 23.4 Å². The quantitative estimate of drug-likeness (QED) is 0.887. The minimum Gasteiger partial charge on any atom is -0.380 e. The average Bonchev–Trinajstić information content (AvgIpc) is 2.67. The molecule has 2 rings (SSSR count).